The molecule has 0 fully saturated rings. The highest BCUT2D eigenvalue weighted by Crippen LogP contribution is 2.26. The zero-order chi connectivity index (χ0) is 10.1. The lowest BCUT2D eigenvalue weighted by molar-refractivity contribution is 0.417. The van der Waals surface area contributed by atoms with Gasteiger partial charge in [0.05, 0.1) is 12.8 Å². The molecule has 0 unspecified atom stereocenters. The van der Waals surface area contributed by atoms with Crippen molar-refractivity contribution in [2.24, 2.45) is 12.8 Å². The second kappa shape index (κ2) is 3.31. The first-order valence-electron chi connectivity index (χ1n) is 4.46. The average Bonchev–Trinajstić information content (AvgIpc) is 2.55. The molecule has 1 aromatic heterocycles. The predicted octanol–water partition coefficient (Wildman–Crippen LogP) is 1.04. The molecule has 14 heavy (non-hydrogen) atoms. The first-order chi connectivity index (χ1) is 6.77. The van der Waals surface area contributed by atoms with Gasteiger partial charge >= 0.3 is 0 Å². The summed E-state index contributed by atoms with van der Waals surface area (Å²) in [6, 6.07) is 5.87. The number of ether oxygens (including phenoxy) is 1. The van der Waals surface area contributed by atoms with Crippen LogP contribution in [0.2, 0.25) is 0 Å². The van der Waals surface area contributed by atoms with Crippen molar-refractivity contribution in [3.8, 4) is 5.75 Å². The summed E-state index contributed by atoms with van der Waals surface area (Å²) < 4.78 is 7.07. The van der Waals surface area contributed by atoms with Gasteiger partial charge in [0, 0.05) is 19.0 Å². The van der Waals surface area contributed by atoms with Gasteiger partial charge in [0.2, 0.25) is 0 Å². The van der Waals surface area contributed by atoms with Crippen LogP contribution in [0.5, 0.6) is 5.75 Å². The SMILES string of the molecule is COc1cccc2c(CN)nn(C)c12. The number of para-hydroxylation sites is 1. The molecule has 2 aromatic rings. The predicted molar refractivity (Wildman–Crippen MR) is 55.2 cm³/mol. The molecule has 4 heteroatoms. The van der Waals surface area contributed by atoms with Crippen LogP contribution in [-0.4, -0.2) is 16.9 Å². The fourth-order valence-corrected chi connectivity index (χ4v) is 1.69. The molecule has 0 aliphatic rings. The van der Waals surface area contributed by atoms with Crippen LogP contribution >= 0.6 is 0 Å². The number of aromatic nitrogens is 2. The lowest BCUT2D eigenvalue weighted by atomic mass is 10.2. The molecule has 0 bridgehead atoms. The van der Waals surface area contributed by atoms with Crippen molar-refractivity contribution in [1.29, 1.82) is 0 Å². The molecule has 4 nitrogen and oxygen atoms in total. The van der Waals surface area contributed by atoms with Crippen LogP contribution < -0.4 is 10.5 Å². The fraction of sp³-hybridized carbons (Fsp3) is 0.300. The van der Waals surface area contributed by atoms with Crippen molar-refractivity contribution < 1.29 is 4.74 Å². The normalized spacial score (nSPS) is 10.8. The van der Waals surface area contributed by atoms with E-state index in [9.17, 15) is 0 Å². The maximum Gasteiger partial charge on any atom is 0.144 e. The molecule has 74 valence electrons. The van der Waals surface area contributed by atoms with E-state index in [0.29, 0.717) is 6.54 Å². The number of rotatable bonds is 2. The van der Waals surface area contributed by atoms with Crippen molar-refractivity contribution in [2.45, 2.75) is 6.54 Å². The molecule has 0 aliphatic carbocycles. The van der Waals surface area contributed by atoms with E-state index in [1.165, 1.54) is 0 Å². The Morgan fingerprint density at radius 3 is 2.93 bits per heavy atom. The van der Waals surface area contributed by atoms with E-state index in [0.717, 1.165) is 22.3 Å². The summed E-state index contributed by atoms with van der Waals surface area (Å²) in [7, 11) is 3.55. The van der Waals surface area contributed by atoms with Crippen LogP contribution in [0.25, 0.3) is 10.9 Å². The lowest BCUT2D eigenvalue weighted by Crippen LogP contribution is -1.98. The Morgan fingerprint density at radius 2 is 2.29 bits per heavy atom. The summed E-state index contributed by atoms with van der Waals surface area (Å²) >= 11 is 0. The van der Waals surface area contributed by atoms with E-state index in [1.807, 2.05) is 25.2 Å². The molecular weight excluding hydrogens is 178 g/mol. The summed E-state index contributed by atoms with van der Waals surface area (Å²) in [4.78, 5) is 0. The highest BCUT2D eigenvalue weighted by atomic mass is 16.5. The van der Waals surface area contributed by atoms with E-state index in [1.54, 1.807) is 11.8 Å². The molecule has 2 N–H and O–H groups in total. The van der Waals surface area contributed by atoms with Crippen molar-refractivity contribution in [3.05, 3.63) is 23.9 Å². The standard InChI is InChI=1S/C10H13N3O/c1-13-10-7(8(6-11)12-13)4-3-5-9(10)14-2/h3-5H,6,11H2,1-2H3. The molecular formula is C10H13N3O. The minimum absolute atomic E-state index is 0.449. The summed E-state index contributed by atoms with van der Waals surface area (Å²) in [6.45, 7) is 0.449. The molecule has 0 saturated carbocycles. The third-order valence-corrected chi connectivity index (χ3v) is 2.32. The van der Waals surface area contributed by atoms with Crippen molar-refractivity contribution >= 4 is 10.9 Å². The Labute approximate surface area is 82.3 Å². The summed E-state index contributed by atoms with van der Waals surface area (Å²) in [5.74, 6) is 0.831. The van der Waals surface area contributed by atoms with E-state index in [4.69, 9.17) is 10.5 Å². The minimum atomic E-state index is 0.449. The Morgan fingerprint density at radius 1 is 1.50 bits per heavy atom. The van der Waals surface area contributed by atoms with Gasteiger partial charge in [-0.2, -0.15) is 5.10 Å². The molecule has 0 amide bonds. The smallest absolute Gasteiger partial charge is 0.144 e. The zero-order valence-electron chi connectivity index (χ0n) is 8.32. The van der Waals surface area contributed by atoms with Gasteiger partial charge in [0.15, 0.2) is 0 Å². The van der Waals surface area contributed by atoms with Gasteiger partial charge in [0.1, 0.15) is 11.3 Å². The molecule has 0 radical (unpaired) electrons. The highest BCUT2D eigenvalue weighted by Gasteiger charge is 2.10. The van der Waals surface area contributed by atoms with Crippen LogP contribution in [0.15, 0.2) is 18.2 Å². The average molecular weight is 191 g/mol. The van der Waals surface area contributed by atoms with Crippen LogP contribution in [0.1, 0.15) is 5.69 Å². The quantitative estimate of drug-likeness (QED) is 0.771. The summed E-state index contributed by atoms with van der Waals surface area (Å²) in [6.07, 6.45) is 0. The van der Waals surface area contributed by atoms with Crippen LogP contribution in [0.4, 0.5) is 0 Å². The molecule has 0 saturated heterocycles. The summed E-state index contributed by atoms with van der Waals surface area (Å²) in [5, 5.41) is 5.39. The first-order valence-corrected chi connectivity index (χ1v) is 4.46. The molecule has 1 aromatic carbocycles. The Kier molecular flexibility index (Phi) is 2.13. The number of nitrogens with two attached hydrogens (primary N) is 1. The summed E-state index contributed by atoms with van der Waals surface area (Å²) in [5.41, 5.74) is 7.50. The van der Waals surface area contributed by atoms with E-state index >= 15 is 0 Å². The third-order valence-electron chi connectivity index (χ3n) is 2.32. The lowest BCUT2D eigenvalue weighted by Gasteiger charge is -2.02. The van der Waals surface area contributed by atoms with E-state index in [2.05, 4.69) is 5.10 Å². The van der Waals surface area contributed by atoms with Crippen molar-refractivity contribution in [2.75, 3.05) is 7.11 Å². The van der Waals surface area contributed by atoms with Gasteiger partial charge in [-0.3, -0.25) is 4.68 Å². The number of hydrogen-bond donors (Lipinski definition) is 1. The Balaban J connectivity index is 2.81. The number of benzene rings is 1. The van der Waals surface area contributed by atoms with Gasteiger partial charge < -0.3 is 10.5 Å². The van der Waals surface area contributed by atoms with E-state index < -0.39 is 0 Å². The number of methoxy groups -OCH3 is 1. The Bertz CT molecular complexity index is 462. The van der Waals surface area contributed by atoms with Crippen LogP contribution in [0, 0.1) is 0 Å². The third kappa shape index (κ3) is 1.15. The van der Waals surface area contributed by atoms with Gasteiger partial charge in [-0.25, -0.2) is 0 Å². The second-order valence-corrected chi connectivity index (χ2v) is 3.13. The fourth-order valence-electron chi connectivity index (χ4n) is 1.69. The monoisotopic (exact) mass is 191 g/mol. The zero-order valence-corrected chi connectivity index (χ0v) is 8.32. The number of nitrogens with zero attached hydrogens (tertiary/aromatic N) is 2. The number of hydrogen-bond acceptors (Lipinski definition) is 3. The van der Waals surface area contributed by atoms with Crippen molar-refractivity contribution in [1.82, 2.24) is 9.78 Å². The molecule has 0 atom stereocenters. The maximum atomic E-state index is 5.60. The molecule has 2 rings (SSSR count). The Hall–Kier alpha value is -1.55. The van der Waals surface area contributed by atoms with E-state index in [-0.39, 0.29) is 0 Å². The van der Waals surface area contributed by atoms with Crippen LogP contribution in [-0.2, 0) is 13.6 Å². The van der Waals surface area contributed by atoms with Crippen LogP contribution in [0.3, 0.4) is 0 Å². The van der Waals surface area contributed by atoms with Crippen molar-refractivity contribution in [3.63, 3.8) is 0 Å². The highest BCUT2D eigenvalue weighted by molar-refractivity contribution is 5.87. The molecule has 0 aliphatic heterocycles. The molecule has 1 heterocycles. The van der Waals surface area contributed by atoms with Gasteiger partial charge in [0.25, 0.3) is 0 Å². The molecule has 0 spiro atoms. The minimum Gasteiger partial charge on any atom is -0.494 e. The number of fused-ring (bicyclic) bond motifs is 1. The van der Waals surface area contributed by atoms with Gasteiger partial charge in [-0.15, -0.1) is 0 Å². The topological polar surface area (TPSA) is 53.1 Å². The van der Waals surface area contributed by atoms with Gasteiger partial charge in [-0.1, -0.05) is 12.1 Å². The van der Waals surface area contributed by atoms with Gasteiger partial charge in [-0.05, 0) is 6.07 Å². The first kappa shape index (κ1) is 9.02. The number of aryl methyl sites for hydroxylation is 1. The second-order valence-electron chi connectivity index (χ2n) is 3.13. The maximum absolute atomic E-state index is 5.60. The largest absolute Gasteiger partial charge is 0.494 e.